The van der Waals surface area contributed by atoms with Gasteiger partial charge in [-0.25, -0.2) is 4.99 Å². The molecule has 0 radical (unpaired) electrons. The van der Waals surface area contributed by atoms with Crippen molar-refractivity contribution < 1.29 is 14.3 Å². The summed E-state index contributed by atoms with van der Waals surface area (Å²) < 4.78 is 10.5. The second-order valence-corrected chi connectivity index (χ2v) is 4.96. The lowest BCUT2D eigenvalue weighted by Crippen LogP contribution is -2.49. The average molecular weight is 409 g/mol. The highest BCUT2D eigenvalue weighted by Crippen LogP contribution is 2.19. The zero-order valence-electron chi connectivity index (χ0n) is 12.3. The van der Waals surface area contributed by atoms with Crippen molar-refractivity contribution in [2.75, 3.05) is 26.3 Å². The summed E-state index contributed by atoms with van der Waals surface area (Å²) in [5.41, 5.74) is -0.709. The Labute approximate surface area is 142 Å². The van der Waals surface area contributed by atoms with Crippen LogP contribution in [0.3, 0.4) is 0 Å². The fourth-order valence-electron chi connectivity index (χ4n) is 2.08. The number of halogens is 1. The number of nitrogens with one attached hydrogen (secondary N) is 2. The van der Waals surface area contributed by atoms with Crippen molar-refractivity contribution in [1.82, 2.24) is 10.6 Å². The van der Waals surface area contributed by atoms with E-state index >= 15 is 0 Å². The minimum absolute atomic E-state index is 0. The van der Waals surface area contributed by atoms with Crippen molar-refractivity contribution in [2.45, 2.75) is 31.9 Å². The molecule has 1 aliphatic rings. The third-order valence-electron chi connectivity index (χ3n) is 3.33. The number of nitrogens with zero attached hydrogens (tertiary/aromatic N) is 1. The van der Waals surface area contributed by atoms with E-state index in [1.54, 1.807) is 6.26 Å². The van der Waals surface area contributed by atoms with Gasteiger partial charge >= 0.3 is 0 Å². The Morgan fingerprint density at radius 3 is 2.76 bits per heavy atom. The summed E-state index contributed by atoms with van der Waals surface area (Å²) in [6.45, 7) is 4.94. The van der Waals surface area contributed by atoms with Gasteiger partial charge in [0.05, 0.1) is 11.9 Å². The topological polar surface area (TPSA) is 79.0 Å². The average Bonchev–Trinajstić information content (AvgIpc) is 2.96. The summed E-state index contributed by atoms with van der Waals surface area (Å²) in [5, 5.41) is 16.7. The van der Waals surface area contributed by atoms with Crippen LogP contribution in [0.2, 0.25) is 0 Å². The maximum Gasteiger partial charge on any atom is 0.191 e. The van der Waals surface area contributed by atoms with Gasteiger partial charge in [0.1, 0.15) is 12.3 Å². The number of guanidine groups is 1. The van der Waals surface area contributed by atoms with E-state index in [2.05, 4.69) is 15.6 Å². The molecule has 2 heterocycles. The first-order valence-corrected chi connectivity index (χ1v) is 7.06. The molecule has 0 amide bonds. The lowest BCUT2D eigenvalue weighted by Gasteiger charge is -2.32. The summed E-state index contributed by atoms with van der Waals surface area (Å²) in [5.74, 6) is 1.50. The van der Waals surface area contributed by atoms with Gasteiger partial charge in [-0.1, -0.05) is 0 Å². The van der Waals surface area contributed by atoms with Gasteiger partial charge in [-0.15, -0.1) is 24.0 Å². The number of aliphatic hydroxyl groups is 1. The van der Waals surface area contributed by atoms with Crippen molar-refractivity contribution in [3.63, 3.8) is 0 Å². The van der Waals surface area contributed by atoms with Gasteiger partial charge in [-0.05, 0) is 19.1 Å². The molecule has 120 valence electrons. The van der Waals surface area contributed by atoms with Crippen LogP contribution in [0.15, 0.2) is 27.8 Å². The molecule has 3 N–H and O–H groups in total. The predicted molar refractivity (Wildman–Crippen MR) is 91.9 cm³/mol. The Balaban J connectivity index is 0.00000220. The quantitative estimate of drug-likeness (QED) is 0.390. The van der Waals surface area contributed by atoms with Crippen LogP contribution in [0.25, 0.3) is 0 Å². The number of rotatable bonds is 5. The Hall–Kier alpha value is -0.800. The summed E-state index contributed by atoms with van der Waals surface area (Å²) >= 11 is 0. The van der Waals surface area contributed by atoms with E-state index < -0.39 is 5.60 Å². The Kier molecular flexibility index (Phi) is 8.05. The third-order valence-corrected chi connectivity index (χ3v) is 3.33. The van der Waals surface area contributed by atoms with Crippen molar-refractivity contribution in [1.29, 1.82) is 0 Å². The highest BCUT2D eigenvalue weighted by Gasteiger charge is 2.29. The first kappa shape index (κ1) is 18.2. The first-order valence-electron chi connectivity index (χ1n) is 7.06. The molecule has 0 atom stereocenters. The van der Waals surface area contributed by atoms with E-state index in [0.717, 1.165) is 12.3 Å². The van der Waals surface area contributed by atoms with Crippen molar-refractivity contribution in [3.05, 3.63) is 24.2 Å². The molecule has 1 aromatic heterocycles. The Morgan fingerprint density at radius 1 is 1.38 bits per heavy atom. The van der Waals surface area contributed by atoms with E-state index in [9.17, 15) is 5.11 Å². The molecule has 0 bridgehead atoms. The fourth-order valence-corrected chi connectivity index (χ4v) is 2.08. The largest absolute Gasteiger partial charge is 0.467 e. The number of ether oxygens (including phenoxy) is 1. The molecule has 0 aromatic carbocycles. The maximum absolute atomic E-state index is 10.4. The van der Waals surface area contributed by atoms with Crippen molar-refractivity contribution >= 4 is 29.9 Å². The molecule has 0 unspecified atom stereocenters. The van der Waals surface area contributed by atoms with Crippen molar-refractivity contribution in [2.24, 2.45) is 4.99 Å². The molecule has 7 heteroatoms. The molecule has 6 nitrogen and oxygen atoms in total. The monoisotopic (exact) mass is 409 g/mol. The standard InChI is InChI=1S/C14H23N3O3.HI/c1-2-15-13(16-10-12-4-3-7-20-12)17-11-14(18)5-8-19-9-6-14;/h3-4,7,18H,2,5-6,8-11H2,1H3,(H2,15,16,17);1H. The van der Waals surface area contributed by atoms with Gasteiger partial charge < -0.3 is 24.9 Å². The summed E-state index contributed by atoms with van der Waals surface area (Å²) in [6, 6.07) is 3.73. The number of hydrogen-bond acceptors (Lipinski definition) is 4. The van der Waals surface area contributed by atoms with E-state index in [1.165, 1.54) is 0 Å². The zero-order valence-corrected chi connectivity index (χ0v) is 14.6. The van der Waals surface area contributed by atoms with Gasteiger partial charge in [-0.3, -0.25) is 0 Å². The third kappa shape index (κ3) is 6.23. The Morgan fingerprint density at radius 2 is 2.14 bits per heavy atom. The van der Waals surface area contributed by atoms with Gasteiger partial charge in [0.25, 0.3) is 0 Å². The van der Waals surface area contributed by atoms with Crippen LogP contribution in [0, 0.1) is 0 Å². The van der Waals surface area contributed by atoms with Gasteiger partial charge in [0.2, 0.25) is 0 Å². The van der Waals surface area contributed by atoms with E-state index in [1.807, 2.05) is 19.1 Å². The van der Waals surface area contributed by atoms with Crippen LogP contribution in [0.1, 0.15) is 25.5 Å². The maximum atomic E-state index is 10.4. The second kappa shape index (κ2) is 9.26. The van der Waals surface area contributed by atoms with Crippen LogP contribution >= 0.6 is 24.0 Å². The predicted octanol–water partition coefficient (Wildman–Crippen LogP) is 1.49. The molecular formula is C14H24IN3O3. The van der Waals surface area contributed by atoms with Gasteiger partial charge in [-0.2, -0.15) is 0 Å². The van der Waals surface area contributed by atoms with E-state index in [4.69, 9.17) is 9.15 Å². The number of hydrogen-bond donors (Lipinski definition) is 3. The smallest absolute Gasteiger partial charge is 0.191 e. The summed E-state index contributed by atoms with van der Waals surface area (Å²) in [6.07, 6.45) is 2.94. The summed E-state index contributed by atoms with van der Waals surface area (Å²) in [4.78, 5) is 4.43. The molecule has 0 aliphatic carbocycles. The van der Waals surface area contributed by atoms with Crippen LogP contribution in [-0.2, 0) is 11.3 Å². The fraction of sp³-hybridized carbons (Fsp3) is 0.643. The molecule has 0 saturated carbocycles. The van der Waals surface area contributed by atoms with Crippen molar-refractivity contribution in [3.8, 4) is 0 Å². The highest BCUT2D eigenvalue weighted by molar-refractivity contribution is 14.0. The van der Waals surface area contributed by atoms with Gasteiger partial charge in [0.15, 0.2) is 5.96 Å². The number of aliphatic imine (C=N–C) groups is 1. The Bertz CT molecular complexity index is 417. The van der Waals surface area contributed by atoms with Crippen LogP contribution in [-0.4, -0.2) is 43.0 Å². The molecule has 1 fully saturated rings. The minimum atomic E-state index is -0.709. The highest BCUT2D eigenvalue weighted by atomic mass is 127. The lowest BCUT2D eigenvalue weighted by atomic mass is 9.94. The lowest BCUT2D eigenvalue weighted by molar-refractivity contribution is -0.0594. The summed E-state index contributed by atoms with van der Waals surface area (Å²) in [7, 11) is 0. The molecule has 1 aromatic rings. The van der Waals surface area contributed by atoms with Crippen LogP contribution < -0.4 is 10.6 Å². The van der Waals surface area contributed by atoms with E-state index in [-0.39, 0.29) is 24.0 Å². The SMILES string of the molecule is CCNC(=NCc1ccco1)NCC1(O)CCOCC1.I. The molecule has 2 rings (SSSR count). The zero-order chi connectivity index (χ0) is 14.3. The normalized spacial score (nSPS) is 17.9. The van der Waals surface area contributed by atoms with Gasteiger partial charge in [0, 0.05) is 39.1 Å². The van der Waals surface area contributed by atoms with Crippen LogP contribution in [0.4, 0.5) is 0 Å². The second-order valence-electron chi connectivity index (χ2n) is 4.96. The number of furan rings is 1. The molecular weight excluding hydrogens is 385 g/mol. The minimum Gasteiger partial charge on any atom is -0.467 e. The molecule has 1 aliphatic heterocycles. The molecule has 0 spiro atoms. The van der Waals surface area contributed by atoms with Crippen LogP contribution in [0.5, 0.6) is 0 Å². The molecule has 21 heavy (non-hydrogen) atoms. The first-order chi connectivity index (χ1) is 9.72. The van der Waals surface area contributed by atoms with E-state index in [0.29, 0.717) is 45.1 Å². The molecule has 1 saturated heterocycles.